The van der Waals surface area contributed by atoms with Crippen molar-refractivity contribution in [2.75, 3.05) is 90.3 Å². The van der Waals surface area contributed by atoms with E-state index in [4.69, 9.17) is 99.6 Å². The zero-order chi connectivity index (χ0) is 81.2. The van der Waals surface area contributed by atoms with Gasteiger partial charge in [0.1, 0.15) is 103 Å². The number of ether oxygens (including phenoxy) is 8. The fraction of sp³-hybridized carbons (Fsp3) is 0.461. The Labute approximate surface area is 687 Å². The third kappa shape index (κ3) is 30.6. The van der Waals surface area contributed by atoms with Crippen molar-refractivity contribution in [2.45, 2.75) is 155 Å². The minimum atomic E-state index is -0.891. The quantitative estimate of drug-likeness (QED) is 0.0132. The van der Waals surface area contributed by atoms with E-state index >= 15 is 0 Å². The summed E-state index contributed by atoms with van der Waals surface area (Å²) < 4.78 is 46.0. The van der Waals surface area contributed by atoms with E-state index in [1.54, 1.807) is 0 Å². The lowest BCUT2D eigenvalue weighted by molar-refractivity contribution is 0.0536. The van der Waals surface area contributed by atoms with E-state index in [1.165, 1.54) is 16.7 Å². The van der Waals surface area contributed by atoms with Gasteiger partial charge in [0.25, 0.3) is 0 Å². The number of halogens is 5. The standard InChI is InChI=1S/C24H33ClO2.C22H29ClO5.C22H29ClO4.C21H26ClIO5/c1-6-18(2)16-26-22-11-7-20(8-12-22)24(4,5)21-9-13-23(14-10-21)27-17-19(3)15-25;1-4-17(25)13-28-21-10-7-16(11-20(21)23)22(2,3)15-5-8-19(9-6-15)27-14-18(26)12-24;1-16(12-23)14-26-20-8-4-17(5-9-20)22(2,3)18-6-10-21(11-7-18)27-15-19(25)13-24;1-21(2,14-3-6-18(7-4-14)27-13-17(26)11-24)15-5-8-20(19(23)9-15)28-12-16(25)10-22/h7-14,18-19H,6,15-17H2,1-5H3;5-11,17-18,24-26H,4,12-14H2,1-3H3;4-11,16,19,24-25H,12-15H2,1-3H3;3-9,16-17,24-26H,10-13H2,1-2H3/t18-,19-;17-,18-;16-,19-;16-,17-/m1111/s1. The molecule has 0 aromatic heterocycles. The Kier molecular flexibility index (Phi) is 40.7. The average Bonchev–Trinajstić information content (AvgIpc) is 0.820. The molecule has 8 atom stereocenters. The molecule has 604 valence electrons. The summed E-state index contributed by atoms with van der Waals surface area (Å²) in [6.45, 7) is 29.3. The average molecular weight is 1710 g/mol. The highest BCUT2D eigenvalue weighted by atomic mass is 127. The van der Waals surface area contributed by atoms with Crippen LogP contribution in [0.3, 0.4) is 0 Å². The Morgan fingerprint density at radius 1 is 0.300 bits per heavy atom. The fourth-order valence-corrected chi connectivity index (χ4v) is 11.9. The maximum atomic E-state index is 9.64. The van der Waals surface area contributed by atoms with Crippen molar-refractivity contribution in [2.24, 2.45) is 17.8 Å². The normalized spacial score (nSPS) is 13.8. The summed E-state index contributed by atoms with van der Waals surface area (Å²) in [5.41, 5.74) is 8.42. The summed E-state index contributed by atoms with van der Waals surface area (Å²) in [6.07, 6.45) is -2.08. The van der Waals surface area contributed by atoms with Crippen LogP contribution in [0.5, 0.6) is 46.0 Å². The van der Waals surface area contributed by atoms with Gasteiger partial charge in [0.2, 0.25) is 0 Å². The van der Waals surface area contributed by atoms with Crippen LogP contribution in [-0.4, -0.2) is 162 Å². The molecule has 0 fully saturated rings. The maximum Gasteiger partial charge on any atom is 0.138 e. The number of aliphatic hydroxyl groups excluding tert-OH is 8. The lowest BCUT2D eigenvalue weighted by Gasteiger charge is -2.27. The van der Waals surface area contributed by atoms with E-state index in [1.807, 2.05) is 134 Å². The van der Waals surface area contributed by atoms with E-state index in [0.29, 0.717) is 77.2 Å². The van der Waals surface area contributed by atoms with Gasteiger partial charge in [0, 0.05) is 45.3 Å². The molecule has 0 aliphatic rings. The third-order valence-electron chi connectivity index (χ3n) is 19.1. The molecule has 21 heteroatoms. The van der Waals surface area contributed by atoms with Gasteiger partial charge < -0.3 is 78.7 Å². The van der Waals surface area contributed by atoms with Crippen LogP contribution in [0.25, 0.3) is 0 Å². The first-order valence-electron chi connectivity index (χ1n) is 37.4. The van der Waals surface area contributed by atoms with Crippen LogP contribution in [0, 0.1) is 21.3 Å². The fourth-order valence-electron chi connectivity index (χ4n) is 10.7. The number of hydrogen-bond acceptors (Lipinski definition) is 16. The van der Waals surface area contributed by atoms with Crippen molar-refractivity contribution >= 4 is 69.0 Å². The van der Waals surface area contributed by atoms with Crippen LogP contribution in [-0.2, 0) is 21.7 Å². The summed E-state index contributed by atoms with van der Waals surface area (Å²) in [4.78, 5) is 0. The number of benzene rings is 8. The van der Waals surface area contributed by atoms with E-state index in [2.05, 4.69) is 160 Å². The third-order valence-corrected chi connectivity index (χ3v) is 21.6. The molecule has 0 aliphatic heterocycles. The molecule has 16 nitrogen and oxygen atoms in total. The van der Waals surface area contributed by atoms with Gasteiger partial charge in [-0.25, -0.2) is 0 Å². The summed E-state index contributed by atoms with van der Waals surface area (Å²) in [6, 6.07) is 59.8. The Morgan fingerprint density at radius 3 is 0.809 bits per heavy atom. The first-order chi connectivity index (χ1) is 52.3. The van der Waals surface area contributed by atoms with Crippen molar-refractivity contribution < 1.29 is 78.7 Å². The molecule has 0 radical (unpaired) electrons. The molecule has 0 heterocycles. The minimum absolute atomic E-state index is 0.0447. The van der Waals surface area contributed by atoms with Crippen molar-refractivity contribution in [3.63, 3.8) is 0 Å². The van der Waals surface area contributed by atoms with Crippen molar-refractivity contribution in [3.05, 3.63) is 235 Å². The SMILES string of the molecule is CC(C)(c1ccc(OC[C@H](O)CO)cc1)c1ccc(OC[C@H](O)CCl)c(I)c1.CC[C@@H](C)COc1ccc(C(C)(C)c2ccc(OC[C@H](C)CCl)cc2)cc1.CC[C@@H](O)COc1ccc(C(C)(C)c2ccc(OC[C@H](O)CO)cc2)cc1Cl.C[C@H](CCl)COc1ccc(C(C)(C)c2ccc(OC[C@H](O)CO)cc2)cc1. The first kappa shape index (κ1) is 94.3. The van der Waals surface area contributed by atoms with Gasteiger partial charge >= 0.3 is 0 Å². The van der Waals surface area contributed by atoms with Crippen LogP contribution in [0.4, 0.5) is 0 Å². The van der Waals surface area contributed by atoms with Crippen LogP contribution >= 0.6 is 69.0 Å². The Morgan fingerprint density at radius 2 is 0.545 bits per heavy atom. The smallest absolute Gasteiger partial charge is 0.138 e. The summed E-state index contributed by atoms with van der Waals surface area (Å²) >= 11 is 25.9. The number of alkyl halides is 3. The molecule has 110 heavy (non-hydrogen) atoms. The van der Waals surface area contributed by atoms with Crippen molar-refractivity contribution in [3.8, 4) is 46.0 Å². The van der Waals surface area contributed by atoms with E-state index in [9.17, 15) is 25.5 Å². The monoisotopic (exact) mass is 1710 g/mol. The molecule has 0 saturated heterocycles. The topological polar surface area (TPSA) is 236 Å². The molecule has 8 aromatic carbocycles. The molecular weight excluding hydrogens is 1590 g/mol. The molecule has 0 amide bonds. The predicted molar refractivity (Wildman–Crippen MR) is 453 cm³/mol. The van der Waals surface area contributed by atoms with E-state index < -0.39 is 30.5 Å². The Bertz CT molecular complexity index is 3500. The van der Waals surface area contributed by atoms with Gasteiger partial charge in [0.05, 0.1) is 60.2 Å². The van der Waals surface area contributed by atoms with Gasteiger partial charge in [-0.15, -0.1) is 34.8 Å². The van der Waals surface area contributed by atoms with Crippen molar-refractivity contribution in [1.82, 2.24) is 0 Å². The van der Waals surface area contributed by atoms with Gasteiger partial charge in [0.15, 0.2) is 0 Å². The molecule has 0 aliphatic carbocycles. The Balaban J connectivity index is 0.000000263. The molecule has 0 saturated carbocycles. The van der Waals surface area contributed by atoms with Crippen LogP contribution < -0.4 is 37.9 Å². The Hall–Kier alpha value is -6.27. The summed E-state index contributed by atoms with van der Waals surface area (Å²) in [7, 11) is 0. The summed E-state index contributed by atoms with van der Waals surface area (Å²) in [5.74, 6) is 8.47. The van der Waals surface area contributed by atoms with Crippen molar-refractivity contribution in [1.29, 1.82) is 0 Å². The highest BCUT2D eigenvalue weighted by molar-refractivity contribution is 14.1. The maximum absolute atomic E-state index is 9.64. The second-order valence-corrected chi connectivity index (χ2v) is 32.3. The highest BCUT2D eigenvalue weighted by Gasteiger charge is 2.28. The van der Waals surface area contributed by atoms with Gasteiger partial charge in [-0.05, 0) is 176 Å². The number of aliphatic hydroxyl groups is 8. The second kappa shape index (κ2) is 47.4. The molecule has 0 spiro atoms. The van der Waals surface area contributed by atoms with Crippen LogP contribution in [0.2, 0.25) is 5.02 Å². The second-order valence-electron chi connectivity index (χ2n) is 29.8. The molecule has 8 N–H and O–H groups in total. The number of hydrogen-bond donors (Lipinski definition) is 8. The number of rotatable bonds is 40. The van der Waals surface area contributed by atoms with Crippen LogP contribution in [0.15, 0.2) is 182 Å². The summed E-state index contributed by atoms with van der Waals surface area (Å²) in [5, 5.41) is 74.3. The van der Waals surface area contributed by atoms with Gasteiger partial charge in [-0.3, -0.25) is 0 Å². The van der Waals surface area contributed by atoms with E-state index in [-0.39, 0.29) is 80.4 Å². The highest BCUT2D eigenvalue weighted by Crippen LogP contribution is 2.40. The van der Waals surface area contributed by atoms with Crippen LogP contribution in [0.1, 0.15) is 147 Å². The van der Waals surface area contributed by atoms with Gasteiger partial charge in [-0.2, -0.15) is 0 Å². The lowest BCUT2D eigenvalue weighted by Crippen LogP contribution is -2.22. The zero-order valence-electron chi connectivity index (χ0n) is 66.0. The minimum Gasteiger partial charge on any atom is -0.493 e. The lowest BCUT2D eigenvalue weighted by atomic mass is 9.78. The molecule has 8 rings (SSSR count). The largest absolute Gasteiger partial charge is 0.493 e. The molecule has 0 unspecified atom stereocenters. The molecule has 0 bridgehead atoms. The molecule has 8 aromatic rings. The zero-order valence-corrected chi connectivity index (χ0v) is 71.2. The predicted octanol–water partition coefficient (Wildman–Crippen LogP) is 17.6. The van der Waals surface area contributed by atoms with E-state index in [0.717, 1.165) is 67.4 Å². The van der Waals surface area contributed by atoms with Gasteiger partial charge in [-0.1, -0.05) is 193 Å². The first-order valence-corrected chi connectivity index (χ1v) is 40.5. The molecular formula is C89H117Cl4IO16.